The average Bonchev–Trinajstić information content (AvgIpc) is 3.11. The number of fused-ring (bicyclic) bond motifs is 1. The van der Waals surface area contributed by atoms with Crippen molar-refractivity contribution in [1.29, 1.82) is 0 Å². The summed E-state index contributed by atoms with van der Waals surface area (Å²) in [5.41, 5.74) is 1.60. The molecule has 1 N–H and O–H groups in total. The van der Waals surface area contributed by atoms with Crippen molar-refractivity contribution in [2.45, 2.75) is 51.0 Å². The van der Waals surface area contributed by atoms with Crippen molar-refractivity contribution in [3.8, 4) is 0 Å². The lowest BCUT2D eigenvalue weighted by Crippen LogP contribution is -2.48. The van der Waals surface area contributed by atoms with Gasteiger partial charge >= 0.3 is 0 Å². The Morgan fingerprint density at radius 1 is 1.27 bits per heavy atom. The first kappa shape index (κ1) is 16.8. The standard InChI is InChI=1S/C18H22N6O2/c1-12-8-21-13(9-20-12)10-22-18(25)16-3-2-14-15(26-16)5-7-24(14)17-4-6-19-11-23-17/h4,6,8-9,11,14-16H,2-3,5,7,10H2,1H3,(H,22,25)/t14-,15-,16+/m1/s1. The summed E-state index contributed by atoms with van der Waals surface area (Å²) in [5.74, 6) is 0.850. The lowest BCUT2D eigenvalue weighted by Gasteiger charge is -2.35. The Morgan fingerprint density at radius 3 is 2.96 bits per heavy atom. The van der Waals surface area contributed by atoms with E-state index in [0.717, 1.165) is 36.6 Å². The zero-order chi connectivity index (χ0) is 17.9. The summed E-state index contributed by atoms with van der Waals surface area (Å²) in [6.07, 6.45) is 8.88. The number of nitrogens with one attached hydrogen (secondary N) is 1. The molecule has 2 aromatic rings. The van der Waals surface area contributed by atoms with Gasteiger partial charge in [0.15, 0.2) is 0 Å². The smallest absolute Gasteiger partial charge is 0.249 e. The van der Waals surface area contributed by atoms with Crippen LogP contribution in [-0.2, 0) is 16.1 Å². The van der Waals surface area contributed by atoms with Gasteiger partial charge in [-0.3, -0.25) is 14.8 Å². The van der Waals surface area contributed by atoms with Gasteiger partial charge in [0.25, 0.3) is 0 Å². The zero-order valence-electron chi connectivity index (χ0n) is 14.7. The van der Waals surface area contributed by atoms with Gasteiger partial charge in [-0.15, -0.1) is 0 Å². The first-order valence-corrected chi connectivity index (χ1v) is 8.94. The quantitative estimate of drug-likeness (QED) is 0.876. The van der Waals surface area contributed by atoms with Crippen LogP contribution in [0.3, 0.4) is 0 Å². The number of rotatable bonds is 4. The molecule has 2 aliphatic rings. The highest BCUT2D eigenvalue weighted by Gasteiger charge is 2.42. The van der Waals surface area contributed by atoms with Gasteiger partial charge in [0.05, 0.1) is 36.3 Å². The van der Waals surface area contributed by atoms with Crippen LogP contribution < -0.4 is 10.2 Å². The van der Waals surface area contributed by atoms with E-state index in [-0.39, 0.29) is 18.1 Å². The van der Waals surface area contributed by atoms with E-state index in [9.17, 15) is 4.79 Å². The van der Waals surface area contributed by atoms with E-state index in [1.165, 1.54) is 0 Å². The minimum atomic E-state index is -0.403. The van der Waals surface area contributed by atoms with E-state index in [1.54, 1.807) is 24.9 Å². The number of carbonyl (C=O) groups excluding carboxylic acids is 1. The zero-order valence-corrected chi connectivity index (χ0v) is 14.7. The third kappa shape index (κ3) is 3.50. The van der Waals surface area contributed by atoms with Gasteiger partial charge in [-0.05, 0) is 32.3 Å². The van der Waals surface area contributed by atoms with E-state index < -0.39 is 6.10 Å². The maximum Gasteiger partial charge on any atom is 0.249 e. The highest BCUT2D eigenvalue weighted by atomic mass is 16.5. The van der Waals surface area contributed by atoms with Crippen LogP contribution in [-0.4, -0.2) is 50.6 Å². The lowest BCUT2D eigenvalue weighted by molar-refractivity contribution is -0.141. The van der Waals surface area contributed by atoms with Crippen LogP contribution >= 0.6 is 0 Å². The molecule has 2 aromatic heterocycles. The van der Waals surface area contributed by atoms with Gasteiger partial charge in [-0.2, -0.15) is 0 Å². The number of ether oxygens (including phenoxy) is 1. The molecule has 2 fully saturated rings. The molecule has 136 valence electrons. The van der Waals surface area contributed by atoms with Crippen LogP contribution in [0.4, 0.5) is 5.82 Å². The summed E-state index contributed by atoms with van der Waals surface area (Å²) in [5, 5.41) is 2.91. The first-order valence-electron chi connectivity index (χ1n) is 8.94. The number of anilines is 1. The summed E-state index contributed by atoms with van der Waals surface area (Å²) in [7, 11) is 0. The molecule has 0 bridgehead atoms. The highest BCUT2D eigenvalue weighted by molar-refractivity contribution is 5.80. The van der Waals surface area contributed by atoms with Crippen LogP contribution in [0.2, 0.25) is 0 Å². The van der Waals surface area contributed by atoms with Crippen molar-refractivity contribution in [3.05, 3.63) is 42.4 Å². The Labute approximate surface area is 152 Å². The lowest BCUT2D eigenvalue weighted by atomic mass is 9.98. The summed E-state index contributed by atoms with van der Waals surface area (Å²) in [6.45, 7) is 3.14. The second-order valence-corrected chi connectivity index (χ2v) is 6.72. The Balaban J connectivity index is 1.32. The third-order valence-corrected chi connectivity index (χ3v) is 4.98. The Hall–Kier alpha value is -2.61. The molecule has 1 amide bonds. The number of amides is 1. The van der Waals surface area contributed by atoms with Gasteiger partial charge < -0.3 is 15.0 Å². The fourth-order valence-electron chi connectivity index (χ4n) is 3.66. The van der Waals surface area contributed by atoms with Crippen LogP contribution in [0.15, 0.2) is 31.0 Å². The summed E-state index contributed by atoms with van der Waals surface area (Å²) >= 11 is 0. The van der Waals surface area contributed by atoms with Crippen LogP contribution in [0.1, 0.15) is 30.7 Å². The monoisotopic (exact) mass is 354 g/mol. The van der Waals surface area contributed by atoms with Crippen LogP contribution in [0, 0.1) is 6.92 Å². The van der Waals surface area contributed by atoms with Crippen molar-refractivity contribution in [1.82, 2.24) is 25.3 Å². The summed E-state index contributed by atoms with van der Waals surface area (Å²) < 4.78 is 6.10. The predicted molar refractivity (Wildman–Crippen MR) is 94.3 cm³/mol. The number of nitrogens with zero attached hydrogens (tertiary/aromatic N) is 5. The number of carbonyl (C=O) groups is 1. The minimum absolute atomic E-state index is 0.0635. The van der Waals surface area contributed by atoms with E-state index >= 15 is 0 Å². The second kappa shape index (κ2) is 7.33. The first-order chi connectivity index (χ1) is 12.7. The largest absolute Gasteiger partial charge is 0.363 e. The normalized spacial score (nSPS) is 25.0. The predicted octanol–water partition coefficient (Wildman–Crippen LogP) is 1.02. The number of aromatic nitrogens is 4. The number of hydrogen-bond acceptors (Lipinski definition) is 7. The van der Waals surface area contributed by atoms with E-state index in [0.29, 0.717) is 13.0 Å². The molecule has 0 unspecified atom stereocenters. The third-order valence-electron chi connectivity index (χ3n) is 4.98. The fraction of sp³-hybridized carbons (Fsp3) is 0.500. The molecule has 2 saturated heterocycles. The van der Waals surface area contributed by atoms with Gasteiger partial charge in [-0.1, -0.05) is 0 Å². The van der Waals surface area contributed by atoms with Crippen molar-refractivity contribution in [3.63, 3.8) is 0 Å². The molecule has 0 spiro atoms. The van der Waals surface area contributed by atoms with Gasteiger partial charge in [-0.25, -0.2) is 9.97 Å². The van der Waals surface area contributed by atoms with Gasteiger partial charge in [0.1, 0.15) is 18.2 Å². The van der Waals surface area contributed by atoms with Crippen molar-refractivity contribution >= 4 is 11.7 Å². The molecule has 2 aliphatic heterocycles. The molecule has 4 heterocycles. The van der Waals surface area contributed by atoms with Crippen molar-refractivity contribution < 1.29 is 9.53 Å². The Kier molecular flexibility index (Phi) is 4.75. The van der Waals surface area contributed by atoms with E-state index in [2.05, 4.69) is 30.2 Å². The maximum absolute atomic E-state index is 12.5. The average molecular weight is 354 g/mol. The molecule has 0 aromatic carbocycles. The van der Waals surface area contributed by atoms with Gasteiger partial charge in [0.2, 0.25) is 5.91 Å². The fourth-order valence-corrected chi connectivity index (χ4v) is 3.66. The summed E-state index contributed by atoms with van der Waals surface area (Å²) in [4.78, 5) is 31.5. The molecule has 4 rings (SSSR count). The molecule has 0 radical (unpaired) electrons. The molecule has 8 nitrogen and oxygen atoms in total. The Morgan fingerprint density at radius 2 is 2.19 bits per heavy atom. The topological polar surface area (TPSA) is 93.1 Å². The number of hydrogen-bond donors (Lipinski definition) is 1. The molecule has 0 saturated carbocycles. The molecule has 0 aliphatic carbocycles. The van der Waals surface area contributed by atoms with E-state index in [1.807, 2.05) is 13.0 Å². The Bertz CT molecular complexity index is 754. The maximum atomic E-state index is 12.5. The second-order valence-electron chi connectivity index (χ2n) is 6.72. The SMILES string of the molecule is Cc1cnc(CNC(=O)[C@@H]2CC[C@@H]3[C@@H](CCN3c3ccncn3)O2)cn1. The van der Waals surface area contributed by atoms with Gasteiger partial charge in [0, 0.05) is 18.9 Å². The molecule has 3 atom stereocenters. The minimum Gasteiger partial charge on any atom is -0.363 e. The van der Waals surface area contributed by atoms with E-state index in [4.69, 9.17) is 4.74 Å². The molecule has 8 heteroatoms. The number of aryl methyl sites for hydroxylation is 1. The van der Waals surface area contributed by atoms with Crippen LogP contribution in [0.5, 0.6) is 0 Å². The summed E-state index contributed by atoms with van der Waals surface area (Å²) in [6, 6.07) is 2.20. The van der Waals surface area contributed by atoms with Crippen molar-refractivity contribution in [2.24, 2.45) is 0 Å². The molecule has 26 heavy (non-hydrogen) atoms. The molecular formula is C18H22N6O2. The van der Waals surface area contributed by atoms with Crippen LogP contribution in [0.25, 0.3) is 0 Å². The highest BCUT2D eigenvalue weighted by Crippen LogP contribution is 2.33. The van der Waals surface area contributed by atoms with Crippen molar-refractivity contribution in [2.75, 3.05) is 11.4 Å². The molecular weight excluding hydrogens is 332 g/mol.